The van der Waals surface area contributed by atoms with Gasteiger partial charge in [-0.1, -0.05) is 54.9 Å². The molecule has 7 rings (SSSR count). The third-order valence-corrected chi connectivity index (χ3v) is 13.6. The number of halogens is 2. The maximum Gasteiger partial charge on any atom is 0.297 e. The van der Waals surface area contributed by atoms with E-state index in [1.165, 1.54) is 11.7 Å². The molecule has 1 saturated heterocycles. The highest BCUT2D eigenvalue weighted by Gasteiger charge is 2.67. The molecule has 3 aromatic carbocycles. The number of aliphatic hydroxyl groups excluding tert-OH is 1. The number of benzene rings is 3. The molecule has 1 spiro atoms. The molecule has 2 amide bonds. The average Bonchev–Trinajstić information content (AvgIpc) is 3.53. The van der Waals surface area contributed by atoms with Crippen LogP contribution in [0.5, 0.6) is 5.75 Å². The molecule has 3 aliphatic heterocycles. The molecule has 5 atom stereocenters. The van der Waals surface area contributed by atoms with E-state index in [-0.39, 0.29) is 42.7 Å². The molecular weight excluding hydrogens is 689 g/mol. The Morgan fingerprint density at radius 3 is 2.47 bits per heavy atom. The fraction of sp³-hybridized carbons (Fsp3) is 0.359. The van der Waals surface area contributed by atoms with Crippen LogP contribution in [0.3, 0.4) is 0 Å². The van der Waals surface area contributed by atoms with E-state index in [4.69, 9.17) is 21.1 Å². The maximum atomic E-state index is 16.5. The molecule has 1 fully saturated rings. The van der Waals surface area contributed by atoms with Crippen LogP contribution in [0.1, 0.15) is 35.6 Å². The monoisotopic (exact) mass is 729 g/mol. The van der Waals surface area contributed by atoms with Gasteiger partial charge in [0.1, 0.15) is 0 Å². The van der Waals surface area contributed by atoms with Crippen molar-refractivity contribution in [1.82, 2.24) is 9.47 Å². The Kier molecular flexibility index (Phi) is 9.20. The van der Waals surface area contributed by atoms with Crippen molar-refractivity contribution in [1.29, 1.82) is 0 Å². The number of hydrogen-bond acceptors (Lipinski definition) is 6. The number of ether oxygens (including phenoxy) is 2. The Labute approximate surface area is 302 Å². The molecule has 4 aromatic rings. The Morgan fingerprint density at radius 1 is 1.06 bits per heavy atom. The first kappa shape index (κ1) is 35.1. The van der Waals surface area contributed by atoms with E-state index < -0.39 is 37.6 Å². The van der Waals surface area contributed by atoms with Gasteiger partial charge in [0.15, 0.2) is 11.4 Å². The molecule has 0 saturated carbocycles. The topological polar surface area (TPSA) is 101 Å². The van der Waals surface area contributed by atoms with Gasteiger partial charge in [-0.25, -0.2) is 0 Å². The molecule has 12 heteroatoms. The summed E-state index contributed by atoms with van der Waals surface area (Å²) in [5.74, 6) is -0.957. The Morgan fingerprint density at radius 2 is 1.78 bits per heavy atom. The Bertz CT molecular complexity index is 2050. The number of aromatic nitrogens is 1. The van der Waals surface area contributed by atoms with Gasteiger partial charge in [-0.3, -0.25) is 19.0 Å². The zero-order chi connectivity index (χ0) is 36.2. The summed E-state index contributed by atoms with van der Waals surface area (Å²) in [6.45, 7) is 5.39. The van der Waals surface area contributed by atoms with Crippen LogP contribution in [0.15, 0.2) is 89.9 Å². The fourth-order valence-electron chi connectivity index (χ4n) is 8.49. The van der Waals surface area contributed by atoms with E-state index in [1.807, 2.05) is 43.3 Å². The lowest BCUT2D eigenvalue weighted by Gasteiger charge is -2.37. The van der Waals surface area contributed by atoms with E-state index in [0.29, 0.717) is 34.9 Å². The number of nitrogens with zero attached hydrogens (tertiary/aromatic N) is 3. The number of amides is 2. The lowest BCUT2D eigenvalue weighted by Crippen LogP contribution is -2.48. The summed E-state index contributed by atoms with van der Waals surface area (Å²) in [5, 5.41) is 10.7. The van der Waals surface area contributed by atoms with Gasteiger partial charge in [-0.05, 0) is 78.7 Å². The Hall–Kier alpha value is -4.29. The van der Waals surface area contributed by atoms with Crippen molar-refractivity contribution in [3.05, 3.63) is 123 Å². The van der Waals surface area contributed by atoms with Crippen molar-refractivity contribution in [3.8, 4) is 11.4 Å². The van der Waals surface area contributed by atoms with Gasteiger partial charge in [0.05, 0.1) is 44.5 Å². The lowest BCUT2D eigenvalue weighted by molar-refractivity contribution is -0.151. The van der Waals surface area contributed by atoms with Crippen molar-refractivity contribution < 1.29 is 28.3 Å². The standard InChI is InChI=1S/C39H41ClFN3O6Si/c1-24-36(51(3,4)41)34(20-35(46)43-22-27-9-6-5-8-26(27)18-30(43)23-45)50-39(24)31-19-28(40)13-16-32(31)44(38(39)48)21-25-11-14-29(15-12-25)42-17-7-10-33(49-2)37(42)47/h5-17,19,24,30,34,36,45H,18,20-23H2,1-4H3/t24-,30-,34+,36-,39+/m0/s1. The number of methoxy groups -OCH3 is 1. The minimum absolute atomic E-state index is 0.121. The number of aliphatic hydroxyl groups is 1. The van der Waals surface area contributed by atoms with Crippen LogP contribution in [0.4, 0.5) is 9.80 Å². The van der Waals surface area contributed by atoms with Gasteiger partial charge in [-0.15, -0.1) is 0 Å². The fourth-order valence-corrected chi connectivity index (χ4v) is 11.2. The summed E-state index contributed by atoms with van der Waals surface area (Å²) in [7, 11) is -2.09. The number of carbonyl (C=O) groups excluding carboxylic acids is 2. The molecule has 0 unspecified atom stereocenters. The summed E-state index contributed by atoms with van der Waals surface area (Å²) in [6.07, 6.45) is 1.19. The quantitative estimate of drug-likeness (QED) is 0.172. The molecule has 0 radical (unpaired) electrons. The predicted molar refractivity (Wildman–Crippen MR) is 195 cm³/mol. The zero-order valence-corrected chi connectivity index (χ0v) is 30.8. The van der Waals surface area contributed by atoms with Gasteiger partial charge in [0.25, 0.3) is 11.5 Å². The highest BCUT2D eigenvalue weighted by Crippen LogP contribution is 2.60. The van der Waals surface area contributed by atoms with Gasteiger partial charge < -0.3 is 28.5 Å². The first-order valence-corrected chi connectivity index (χ1v) is 20.5. The zero-order valence-electron chi connectivity index (χ0n) is 29.0. The number of rotatable bonds is 8. The molecule has 4 heterocycles. The van der Waals surface area contributed by atoms with Crippen LogP contribution in [0.2, 0.25) is 23.7 Å². The second-order valence-corrected chi connectivity index (χ2v) is 18.5. The van der Waals surface area contributed by atoms with E-state index >= 15 is 4.11 Å². The van der Waals surface area contributed by atoms with Crippen LogP contribution < -0.4 is 15.2 Å². The highest BCUT2D eigenvalue weighted by atomic mass is 35.5. The number of carbonyl (C=O) groups is 2. The predicted octanol–water partition coefficient (Wildman–Crippen LogP) is 6.16. The smallest absolute Gasteiger partial charge is 0.297 e. The molecule has 1 aromatic heterocycles. The summed E-state index contributed by atoms with van der Waals surface area (Å²) in [6, 6.07) is 23.3. The van der Waals surface area contributed by atoms with Crippen LogP contribution in [-0.2, 0) is 39.4 Å². The van der Waals surface area contributed by atoms with E-state index in [1.54, 1.807) is 71.6 Å². The first-order valence-electron chi connectivity index (χ1n) is 17.2. The minimum Gasteiger partial charge on any atom is -0.491 e. The lowest BCUT2D eigenvalue weighted by atomic mass is 9.82. The number of pyridine rings is 1. The first-order chi connectivity index (χ1) is 24.4. The number of hydrogen-bond donors (Lipinski definition) is 1. The summed E-state index contributed by atoms with van der Waals surface area (Å²) in [4.78, 5) is 45.0. The Balaban J connectivity index is 1.20. The molecule has 1 N–H and O–H groups in total. The molecule has 9 nitrogen and oxygen atoms in total. The second-order valence-electron chi connectivity index (χ2n) is 14.3. The van der Waals surface area contributed by atoms with Gasteiger partial charge in [0, 0.05) is 40.5 Å². The molecular formula is C39H41ClFN3O6Si. The van der Waals surface area contributed by atoms with Crippen molar-refractivity contribution in [2.75, 3.05) is 18.6 Å². The SMILES string of the molecule is COc1cccn(-c2ccc(CN3C(=O)[C@]4(O[C@H](CC(=O)N5Cc6ccccc6C[C@H]5CO)[C@@H]([Si](C)(C)F)[C@@H]4C)c4cc(Cl)ccc43)cc2)c1=O. The number of fused-ring (bicyclic) bond motifs is 3. The second kappa shape index (κ2) is 13.4. The van der Waals surface area contributed by atoms with E-state index in [2.05, 4.69) is 0 Å². The van der Waals surface area contributed by atoms with Gasteiger partial charge in [0.2, 0.25) is 14.3 Å². The largest absolute Gasteiger partial charge is 0.491 e. The summed E-state index contributed by atoms with van der Waals surface area (Å²) in [5.41, 5.74) is 2.20. The third kappa shape index (κ3) is 5.99. The number of anilines is 1. The average molecular weight is 730 g/mol. The minimum atomic E-state index is -3.54. The van der Waals surface area contributed by atoms with Gasteiger partial charge >= 0.3 is 0 Å². The molecule has 0 bridgehead atoms. The third-order valence-electron chi connectivity index (χ3n) is 10.9. The van der Waals surface area contributed by atoms with Crippen LogP contribution in [0.25, 0.3) is 5.69 Å². The highest BCUT2D eigenvalue weighted by molar-refractivity contribution is 6.72. The van der Waals surface area contributed by atoms with Crippen LogP contribution in [-0.4, -0.2) is 60.7 Å². The summed E-state index contributed by atoms with van der Waals surface area (Å²) >= 11 is 6.55. The normalized spacial score (nSPS) is 24.2. The van der Waals surface area contributed by atoms with Crippen molar-refractivity contribution in [2.24, 2.45) is 5.92 Å². The van der Waals surface area contributed by atoms with Crippen LogP contribution in [0, 0.1) is 5.92 Å². The van der Waals surface area contributed by atoms with E-state index in [0.717, 1.165) is 16.7 Å². The molecule has 3 aliphatic rings. The molecule has 51 heavy (non-hydrogen) atoms. The molecule has 0 aliphatic carbocycles. The van der Waals surface area contributed by atoms with E-state index in [9.17, 15) is 19.5 Å². The van der Waals surface area contributed by atoms with Crippen molar-refractivity contribution in [2.45, 2.75) is 69.2 Å². The van der Waals surface area contributed by atoms with Gasteiger partial charge in [-0.2, -0.15) is 0 Å². The summed E-state index contributed by atoms with van der Waals surface area (Å²) < 4.78 is 29.9. The van der Waals surface area contributed by atoms with Crippen molar-refractivity contribution >= 4 is 37.5 Å². The van der Waals surface area contributed by atoms with Crippen LogP contribution >= 0.6 is 11.6 Å². The maximum absolute atomic E-state index is 16.5. The van der Waals surface area contributed by atoms with Crippen molar-refractivity contribution in [3.63, 3.8) is 0 Å². The molecule has 266 valence electrons.